The zero-order chi connectivity index (χ0) is 15.0. The summed E-state index contributed by atoms with van der Waals surface area (Å²) in [4.78, 5) is 11.1. The molecule has 112 valence electrons. The predicted octanol–water partition coefficient (Wildman–Crippen LogP) is 1.38. The number of quaternary nitrogens is 1. The molecule has 0 aliphatic heterocycles. The maximum Gasteiger partial charge on any atom is 0.159 e. The van der Waals surface area contributed by atoms with Crippen LogP contribution in [0.3, 0.4) is 0 Å². The van der Waals surface area contributed by atoms with Crippen LogP contribution < -0.4 is 10.1 Å². The van der Waals surface area contributed by atoms with Crippen LogP contribution in [-0.4, -0.2) is 36.2 Å². The summed E-state index contributed by atoms with van der Waals surface area (Å²) in [5.41, 5.74) is 0.666. The van der Waals surface area contributed by atoms with Gasteiger partial charge in [-0.2, -0.15) is 0 Å². The zero-order valence-corrected chi connectivity index (χ0v) is 12.6. The number of benzene rings is 1. The highest BCUT2D eigenvalue weighted by Gasteiger charge is 2.10. The molecule has 0 bridgehead atoms. The molecule has 0 unspecified atom stereocenters. The third kappa shape index (κ3) is 6.17. The number of hydrogen-bond donors (Lipinski definition) is 2. The van der Waals surface area contributed by atoms with E-state index >= 15 is 0 Å². The van der Waals surface area contributed by atoms with Crippen molar-refractivity contribution in [2.24, 2.45) is 0 Å². The number of ketones is 1. The Kier molecular flexibility index (Phi) is 7.26. The molecule has 0 aromatic heterocycles. The number of aliphatic hydroxyl groups is 1. The van der Waals surface area contributed by atoms with Gasteiger partial charge in [-0.05, 0) is 44.5 Å². The van der Waals surface area contributed by atoms with Crippen molar-refractivity contribution in [2.45, 2.75) is 45.8 Å². The molecule has 0 radical (unpaired) electrons. The second-order valence-corrected chi connectivity index (χ2v) is 5.28. The van der Waals surface area contributed by atoms with Crippen LogP contribution in [0.2, 0.25) is 0 Å². The molecule has 1 rings (SSSR count). The second-order valence-electron chi connectivity index (χ2n) is 5.28. The number of ether oxygens (including phenoxy) is 1. The van der Waals surface area contributed by atoms with Gasteiger partial charge in [-0.15, -0.1) is 0 Å². The van der Waals surface area contributed by atoms with Gasteiger partial charge < -0.3 is 15.2 Å². The number of hydrogen-bond acceptors (Lipinski definition) is 3. The Morgan fingerprint density at radius 3 is 2.55 bits per heavy atom. The molecule has 4 nitrogen and oxygen atoms in total. The van der Waals surface area contributed by atoms with E-state index < -0.39 is 6.10 Å². The maximum absolute atomic E-state index is 11.1. The van der Waals surface area contributed by atoms with Gasteiger partial charge in [0.15, 0.2) is 5.78 Å². The molecule has 3 N–H and O–H groups in total. The molecule has 4 heteroatoms. The highest BCUT2D eigenvalue weighted by molar-refractivity contribution is 5.94. The van der Waals surface area contributed by atoms with E-state index in [0.29, 0.717) is 23.9 Å². The van der Waals surface area contributed by atoms with E-state index in [4.69, 9.17) is 4.74 Å². The Morgan fingerprint density at radius 2 is 2.00 bits per heavy atom. The van der Waals surface area contributed by atoms with Gasteiger partial charge in [-0.1, -0.05) is 13.3 Å². The number of aliphatic hydroxyl groups excluding tert-OH is 1. The van der Waals surface area contributed by atoms with Gasteiger partial charge in [-0.3, -0.25) is 4.79 Å². The first-order valence-electron chi connectivity index (χ1n) is 7.28. The Morgan fingerprint density at radius 1 is 1.35 bits per heavy atom. The lowest BCUT2D eigenvalue weighted by atomic mass is 10.1. The van der Waals surface area contributed by atoms with Gasteiger partial charge >= 0.3 is 0 Å². The molecule has 0 aliphatic carbocycles. The van der Waals surface area contributed by atoms with Crippen LogP contribution in [-0.2, 0) is 0 Å². The lowest BCUT2D eigenvalue weighted by Gasteiger charge is -2.14. The molecule has 20 heavy (non-hydrogen) atoms. The normalized spacial score (nSPS) is 13.8. The van der Waals surface area contributed by atoms with Crippen molar-refractivity contribution >= 4 is 5.78 Å². The molecule has 0 saturated heterocycles. The summed E-state index contributed by atoms with van der Waals surface area (Å²) in [5, 5.41) is 12.0. The average Bonchev–Trinajstić information content (AvgIpc) is 2.43. The first-order chi connectivity index (χ1) is 9.52. The van der Waals surface area contributed by atoms with E-state index in [2.05, 4.69) is 19.2 Å². The molecule has 2 atom stereocenters. The van der Waals surface area contributed by atoms with Crippen LogP contribution in [0.1, 0.15) is 44.0 Å². The lowest BCUT2D eigenvalue weighted by Crippen LogP contribution is -2.91. The largest absolute Gasteiger partial charge is 0.491 e. The van der Waals surface area contributed by atoms with Gasteiger partial charge in [-0.25, -0.2) is 0 Å². The number of carbonyl (C=O) groups excluding carboxylic acids is 1. The minimum absolute atomic E-state index is 0.0381. The molecule has 0 spiro atoms. The van der Waals surface area contributed by atoms with Crippen LogP contribution in [0, 0.1) is 0 Å². The fourth-order valence-corrected chi connectivity index (χ4v) is 2.01. The number of rotatable bonds is 9. The highest BCUT2D eigenvalue weighted by atomic mass is 16.5. The van der Waals surface area contributed by atoms with Crippen LogP contribution in [0.4, 0.5) is 0 Å². The minimum Gasteiger partial charge on any atom is -0.491 e. The molecular formula is C16H26NO3+. The van der Waals surface area contributed by atoms with Gasteiger partial charge in [0.1, 0.15) is 25.0 Å². The van der Waals surface area contributed by atoms with Gasteiger partial charge in [0.05, 0.1) is 6.04 Å². The Hall–Kier alpha value is -1.39. The van der Waals surface area contributed by atoms with Gasteiger partial charge in [0.2, 0.25) is 0 Å². The quantitative estimate of drug-likeness (QED) is 0.672. The monoisotopic (exact) mass is 280 g/mol. The van der Waals surface area contributed by atoms with E-state index in [1.54, 1.807) is 24.3 Å². The third-order valence-electron chi connectivity index (χ3n) is 3.26. The predicted molar refractivity (Wildman–Crippen MR) is 79.1 cm³/mol. The standard InChI is InChI=1S/C16H25NO3/c1-4-5-12(2)17-10-15(19)11-20-16-8-6-14(7-9-16)13(3)18/h6-9,12,15,17,19H,4-5,10-11H2,1-3H3/p+1/t12-,15+/m0/s1. The summed E-state index contributed by atoms with van der Waals surface area (Å²) in [6, 6.07) is 7.52. The van der Waals surface area contributed by atoms with E-state index in [9.17, 15) is 9.90 Å². The topological polar surface area (TPSA) is 63.1 Å². The van der Waals surface area contributed by atoms with Gasteiger partial charge in [0, 0.05) is 5.56 Å². The van der Waals surface area contributed by atoms with Crippen molar-refractivity contribution in [2.75, 3.05) is 13.2 Å². The first-order valence-corrected chi connectivity index (χ1v) is 7.28. The van der Waals surface area contributed by atoms with E-state index in [1.807, 2.05) is 0 Å². The smallest absolute Gasteiger partial charge is 0.159 e. The molecule has 0 saturated carbocycles. The Bertz CT molecular complexity index is 403. The first kappa shape index (κ1) is 16.7. The molecule has 0 amide bonds. The van der Waals surface area contributed by atoms with Crippen molar-refractivity contribution in [3.05, 3.63) is 29.8 Å². The summed E-state index contributed by atoms with van der Waals surface area (Å²) in [6.07, 6.45) is 1.83. The van der Waals surface area contributed by atoms with Gasteiger partial charge in [0.25, 0.3) is 0 Å². The van der Waals surface area contributed by atoms with Crippen LogP contribution in [0.5, 0.6) is 5.75 Å². The van der Waals surface area contributed by atoms with Crippen LogP contribution in [0.25, 0.3) is 0 Å². The SMILES string of the molecule is CCC[C@H](C)[NH2+]C[C@@H](O)COc1ccc(C(C)=O)cc1. The summed E-state index contributed by atoms with van der Waals surface area (Å²) in [7, 11) is 0. The molecule has 1 aromatic rings. The van der Waals surface area contributed by atoms with Crippen molar-refractivity contribution in [1.29, 1.82) is 0 Å². The van der Waals surface area contributed by atoms with Crippen molar-refractivity contribution in [3.63, 3.8) is 0 Å². The molecule has 1 aromatic carbocycles. The van der Waals surface area contributed by atoms with Crippen molar-refractivity contribution in [1.82, 2.24) is 0 Å². The van der Waals surface area contributed by atoms with Crippen molar-refractivity contribution in [3.8, 4) is 5.75 Å². The second kappa shape index (κ2) is 8.72. The summed E-state index contributed by atoms with van der Waals surface area (Å²) in [5.74, 6) is 0.715. The zero-order valence-electron chi connectivity index (χ0n) is 12.6. The van der Waals surface area contributed by atoms with Crippen LogP contribution in [0.15, 0.2) is 24.3 Å². The number of carbonyl (C=O) groups is 1. The van der Waals surface area contributed by atoms with E-state index in [0.717, 1.165) is 12.8 Å². The molecule has 0 heterocycles. The maximum atomic E-state index is 11.1. The van der Waals surface area contributed by atoms with Crippen LogP contribution >= 0.6 is 0 Å². The lowest BCUT2D eigenvalue weighted by molar-refractivity contribution is -0.692. The molecular weight excluding hydrogens is 254 g/mol. The van der Waals surface area contributed by atoms with Crippen molar-refractivity contribution < 1.29 is 20.0 Å². The molecule has 0 fully saturated rings. The minimum atomic E-state index is -0.484. The van der Waals surface area contributed by atoms with E-state index in [1.165, 1.54) is 6.92 Å². The molecule has 0 aliphatic rings. The average molecular weight is 280 g/mol. The summed E-state index contributed by atoms with van der Waals surface area (Å²) < 4.78 is 5.51. The number of nitrogens with two attached hydrogens (primary N) is 1. The Labute approximate surface area is 121 Å². The summed E-state index contributed by atoms with van der Waals surface area (Å²) >= 11 is 0. The Balaban J connectivity index is 2.30. The summed E-state index contributed by atoms with van der Waals surface area (Å²) in [6.45, 7) is 6.78. The number of Topliss-reactive ketones (excluding diaryl/α,β-unsaturated/α-hetero) is 1. The third-order valence-corrected chi connectivity index (χ3v) is 3.26. The fraction of sp³-hybridized carbons (Fsp3) is 0.562. The van der Waals surface area contributed by atoms with E-state index in [-0.39, 0.29) is 12.4 Å². The highest BCUT2D eigenvalue weighted by Crippen LogP contribution is 2.12. The fourth-order valence-electron chi connectivity index (χ4n) is 2.01.